The standard InChI is InChI=1S/C21H23N2O/c1-12-16-9-10-22(4)14(3)19(16)13(2)20-17-11-15(24-6)7-8-18(17)23(5)21(12)20/h7-11H,1-6H3/q+1. The Balaban J connectivity index is 2.36. The summed E-state index contributed by atoms with van der Waals surface area (Å²) in [6.45, 7) is 6.68. The first-order chi connectivity index (χ1) is 11.5. The monoisotopic (exact) mass is 319 g/mol. The lowest BCUT2D eigenvalue weighted by Gasteiger charge is -2.13. The van der Waals surface area contributed by atoms with Crippen molar-refractivity contribution < 1.29 is 9.30 Å². The van der Waals surface area contributed by atoms with Crippen molar-refractivity contribution in [1.82, 2.24) is 4.57 Å². The van der Waals surface area contributed by atoms with Gasteiger partial charge in [0.1, 0.15) is 12.8 Å². The Kier molecular flexibility index (Phi) is 3.11. The molecule has 4 rings (SSSR count). The zero-order valence-electron chi connectivity index (χ0n) is 15.2. The molecule has 0 aliphatic carbocycles. The van der Waals surface area contributed by atoms with Gasteiger partial charge in [-0.15, -0.1) is 0 Å². The Morgan fingerprint density at radius 3 is 2.42 bits per heavy atom. The van der Waals surface area contributed by atoms with Crippen LogP contribution in [0, 0.1) is 20.8 Å². The second-order valence-corrected chi connectivity index (χ2v) is 6.72. The number of aromatic nitrogens is 2. The minimum absolute atomic E-state index is 0.905. The third-order valence-corrected chi connectivity index (χ3v) is 5.54. The Hall–Kier alpha value is -2.55. The summed E-state index contributed by atoms with van der Waals surface area (Å²) in [5, 5.41) is 5.31. The summed E-state index contributed by atoms with van der Waals surface area (Å²) < 4.78 is 9.98. The summed E-state index contributed by atoms with van der Waals surface area (Å²) in [6.07, 6.45) is 2.15. The highest BCUT2D eigenvalue weighted by Gasteiger charge is 2.24. The summed E-state index contributed by atoms with van der Waals surface area (Å²) in [6, 6.07) is 8.60. The number of methoxy groups -OCH3 is 1. The minimum atomic E-state index is 0.905. The van der Waals surface area contributed by atoms with E-state index in [2.05, 4.69) is 68.4 Å². The average Bonchev–Trinajstić information content (AvgIpc) is 2.88. The maximum atomic E-state index is 5.47. The molecule has 3 nitrogen and oxygen atoms in total. The quantitative estimate of drug-likeness (QED) is 0.480. The van der Waals surface area contributed by atoms with Gasteiger partial charge in [-0.2, -0.15) is 4.57 Å². The van der Waals surface area contributed by atoms with Gasteiger partial charge in [0, 0.05) is 36.0 Å². The molecule has 0 saturated heterocycles. The fraction of sp³-hybridized carbons (Fsp3) is 0.286. The molecule has 4 aromatic rings. The Labute approximate surface area is 142 Å². The predicted octanol–water partition coefficient (Wildman–Crippen LogP) is 4.24. The third-order valence-electron chi connectivity index (χ3n) is 5.54. The highest BCUT2D eigenvalue weighted by Crippen LogP contribution is 2.37. The number of hydrogen-bond donors (Lipinski definition) is 0. The first-order valence-corrected chi connectivity index (χ1v) is 8.30. The molecule has 0 amide bonds. The van der Waals surface area contributed by atoms with Gasteiger partial charge in [0.2, 0.25) is 11.0 Å². The minimum Gasteiger partial charge on any atom is -0.497 e. The lowest BCUT2D eigenvalue weighted by atomic mass is 9.95. The Morgan fingerprint density at radius 2 is 1.71 bits per heavy atom. The van der Waals surface area contributed by atoms with Gasteiger partial charge in [0.05, 0.1) is 17.9 Å². The van der Waals surface area contributed by atoms with Crippen LogP contribution in [-0.4, -0.2) is 11.7 Å². The molecule has 2 aromatic heterocycles. The molecule has 0 N–H and O–H groups in total. The molecule has 0 spiro atoms. The van der Waals surface area contributed by atoms with Gasteiger partial charge < -0.3 is 9.30 Å². The number of ether oxygens (including phenoxy) is 1. The normalized spacial score (nSPS) is 11.8. The van der Waals surface area contributed by atoms with Gasteiger partial charge in [-0.05, 0) is 49.9 Å². The van der Waals surface area contributed by atoms with Crippen LogP contribution < -0.4 is 9.30 Å². The van der Waals surface area contributed by atoms with Crippen LogP contribution in [0.3, 0.4) is 0 Å². The van der Waals surface area contributed by atoms with Crippen LogP contribution in [0.2, 0.25) is 0 Å². The predicted molar refractivity (Wildman–Crippen MR) is 99.9 cm³/mol. The van der Waals surface area contributed by atoms with Crippen molar-refractivity contribution in [3.8, 4) is 5.75 Å². The van der Waals surface area contributed by atoms with Gasteiger partial charge in [0.15, 0.2) is 0 Å². The molecule has 2 aromatic carbocycles. The molecule has 0 aliphatic heterocycles. The van der Waals surface area contributed by atoms with Crippen molar-refractivity contribution in [3.05, 3.63) is 47.3 Å². The van der Waals surface area contributed by atoms with Gasteiger partial charge in [-0.25, -0.2) is 0 Å². The van der Waals surface area contributed by atoms with Crippen LogP contribution >= 0.6 is 0 Å². The van der Waals surface area contributed by atoms with Crippen LogP contribution in [0.4, 0.5) is 0 Å². The van der Waals surface area contributed by atoms with E-state index in [1.807, 2.05) is 6.07 Å². The first-order valence-electron chi connectivity index (χ1n) is 8.30. The first kappa shape index (κ1) is 15.0. The van der Waals surface area contributed by atoms with E-state index in [9.17, 15) is 0 Å². The molecule has 0 bridgehead atoms. The van der Waals surface area contributed by atoms with E-state index < -0.39 is 0 Å². The lowest BCUT2D eigenvalue weighted by Crippen LogP contribution is -2.27. The van der Waals surface area contributed by atoms with E-state index in [0.717, 1.165) is 5.75 Å². The highest BCUT2D eigenvalue weighted by molar-refractivity contribution is 6.14. The van der Waals surface area contributed by atoms with Crippen LogP contribution in [0.1, 0.15) is 16.8 Å². The van der Waals surface area contributed by atoms with Gasteiger partial charge in [0.25, 0.3) is 0 Å². The van der Waals surface area contributed by atoms with Crippen LogP contribution in [0.5, 0.6) is 5.75 Å². The van der Waals surface area contributed by atoms with Crippen molar-refractivity contribution in [2.45, 2.75) is 20.8 Å². The molecule has 0 radical (unpaired) electrons. The number of fused-ring (bicyclic) bond motifs is 4. The molecule has 0 unspecified atom stereocenters. The number of hydrogen-bond acceptors (Lipinski definition) is 1. The molecule has 0 aliphatic rings. The van der Waals surface area contributed by atoms with Crippen molar-refractivity contribution in [3.63, 3.8) is 0 Å². The topological polar surface area (TPSA) is 18.0 Å². The Bertz CT molecular complexity index is 1140. The highest BCUT2D eigenvalue weighted by atomic mass is 16.5. The van der Waals surface area contributed by atoms with Crippen molar-refractivity contribution in [2.75, 3.05) is 7.11 Å². The zero-order chi connectivity index (χ0) is 17.2. The fourth-order valence-corrected chi connectivity index (χ4v) is 4.16. The molecule has 3 heteroatoms. The van der Waals surface area contributed by atoms with Gasteiger partial charge >= 0.3 is 0 Å². The van der Waals surface area contributed by atoms with Crippen LogP contribution in [0.25, 0.3) is 32.6 Å². The number of pyridine rings is 1. The Morgan fingerprint density at radius 1 is 0.958 bits per heavy atom. The summed E-state index contributed by atoms with van der Waals surface area (Å²) in [5.41, 5.74) is 6.55. The molecule has 0 atom stereocenters. The van der Waals surface area contributed by atoms with Gasteiger partial charge in [-0.1, -0.05) is 0 Å². The molecule has 2 heterocycles. The second-order valence-electron chi connectivity index (χ2n) is 6.72. The number of nitrogens with zero attached hydrogens (tertiary/aromatic N) is 2. The van der Waals surface area contributed by atoms with Crippen molar-refractivity contribution in [1.29, 1.82) is 0 Å². The smallest absolute Gasteiger partial charge is 0.217 e. The molecule has 0 saturated carbocycles. The molecule has 0 fully saturated rings. The molecular formula is C21H23N2O+. The van der Waals surface area contributed by atoms with E-state index >= 15 is 0 Å². The van der Waals surface area contributed by atoms with Crippen molar-refractivity contribution in [2.24, 2.45) is 14.1 Å². The maximum absolute atomic E-state index is 5.47. The van der Waals surface area contributed by atoms with E-state index in [4.69, 9.17) is 4.74 Å². The third kappa shape index (κ3) is 1.75. The summed E-state index contributed by atoms with van der Waals surface area (Å²) in [7, 11) is 6.00. The van der Waals surface area contributed by atoms with E-state index in [-0.39, 0.29) is 0 Å². The molecular weight excluding hydrogens is 296 g/mol. The average molecular weight is 319 g/mol. The maximum Gasteiger partial charge on any atom is 0.217 e. The van der Waals surface area contributed by atoms with Gasteiger partial charge in [-0.3, -0.25) is 0 Å². The second kappa shape index (κ2) is 4.97. The van der Waals surface area contributed by atoms with E-state index in [1.54, 1.807) is 7.11 Å². The van der Waals surface area contributed by atoms with E-state index in [1.165, 1.54) is 49.4 Å². The van der Waals surface area contributed by atoms with Crippen molar-refractivity contribution >= 4 is 32.6 Å². The zero-order valence-corrected chi connectivity index (χ0v) is 15.2. The largest absolute Gasteiger partial charge is 0.497 e. The number of benzene rings is 2. The SMILES string of the molecule is COc1ccc2c(c1)c1c(C)c3c(C)n(C)ccc3c(C)c1[n+]2C. The number of rotatable bonds is 1. The van der Waals surface area contributed by atoms with E-state index in [0.29, 0.717) is 0 Å². The van der Waals surface area contributed by atoms with Crippen LogP contribution in [0.15, 0.2) is 30.5 Å². The fourth-order valence-electron chi connectivity index (χ4n) is 4.16. The summed E-state index contributed by atoms with van der Waals surface area (Å²) in [4.78, 5) is 0. The lowest BCUT2D eigenvalue weighted by molar-refractivity contribution is -0.616. The van der Waals surface area contributed by atoms with Crippen LogP contribution in [-0.2, 0) is 14.1 Å². The molecule has 24 heavy (non-hydrogen) atoms. The molecule has 122 valence electrons. The number of aryl methyl sites for hydroxylation is 5. The summed E-state index contributed by atoms with van der Waals surface area (Å²) >= 11 is 0. The summed E-state index contributed by atoms with van der Waals surface area (Å²) in [5.74, 6) is 0.905.